The van der Waals surface area contributed by atoms with E-state index in [4.69, 9.17) is 0 Å². The summed E-state index contributed by atoms with van der Waals surface area (Å²) >= 11 is 0. The van der Waals surface area contributed by atoms with Crippen molar-refractivity contribution in [1.82, 2.24) is 5.32 Å². The third-order valence-electron chi connectivity index (χ3n) is 3.16. The molecule has 0 spiro atoms. The molecule has 0 atom stereocenters. The van der Waals surface area contributed by atoms with Crippen LogP contribution in [0, 0.1) is 5.82 Å². The maximum atomic E-state index is 12.8. The van der Waals surface area contributed by atoms with E-state index in [9.17, 15) is 22.4 Å². The average molecular weight is 364 g/mol. The predicted octanol–water partition coefficient (Wildman–Crippen LogP) is 1.50. The summed E-state index contributed by atoms with van der Waals surface area (Å²) in [4.78, 5) is 23.5. The van der Waals surface area contributed by atoms with Crippen molar-refractivity contribution in [2.24, 2.45) is 0 Å². The van der Waals surface area contributed by atoms with Crippen LogP contribution in [0.4, 0.5) is 10.1 Å². The summed E-state index contributed by atoms with van der Waals surface area (Å²) < 4.78 is 36.6. The zero-order chi connectivity index (χ0) is 18.3. The lowest BCUT2D eigenvalue weighted by Crippen LogP contribution is -2.33. The van der Waals surface area contributed by atoms with E-state index >= 15 is 0 Å². The molecule has 0 unspecified atom stereocenters. The van der Waals surface area contributed by atoms with Gasteiger partial charge < -0.3 is 10.6 Å². The quantitative estimate of drug-likeness (QED) is 0.779. The number of carbonyl (C=O) groups excluding carboxylic acids is 2. The molecule has 0 aliphatic rings. The van der Waals surface area contributed by atoms with Crippen molar-refractivity contribution in [1.29, 1.82) is 0 Å². The standard InChI is InChI=1S/C17H17FN2O4S/c18-14-8-6-13(7-9-14)10-19-16(21)11-25(23,24)12-17(22)20-15-4-2-1-3-5-15/h1-9H,10-12H2,(H,19,21)(H,20,22). The van der Waals surface area contributed by atoms with Crippen LogP contribution in [0.3, 0.4) is 0 Å². The first kappa shape index (κ1) is 18.6. The molecule has 0 aliphatic heterocycles. The summed E-state index contributed by atoms with van der Waals surface area (Å²) in [6, 6.07) is 13.9. The molecule has 2 N–H and O–H groups in total. The molecule has 6 nitrogen and oxygen atoms in total. The average Bonchev–Trinajstić information content (AvgIpc) is 2.54. The first-order valence-corrected chi connectivity index (χ1v) is 9.23. The van der Waals surface area contributed by atoms with E-state index in [-0.39, 0.29) is 6.54 Å². The van der Waals surface area contributed by atoms with Gasteiger partial charge in [0.05, 0.1) is 0 Å². The van der Waals surface area contributed by atoms with E-state index in [2.05, 4.69) is 10.6 Å². The number of rotatable bonds is 7. The number of nitrogens with one attached hydrogen (secondary N) is 2. The number of hydrogen-bond donors (Lipinski definition) is 2. The van der Waals surface area contributed by atoms with Crippen LogP contribution in [0.1, 0.15) is 5.56 Å². The first-order valence-electron chi connectivity index (χ1n) is 7.40. The minimum atomic E-state index is -3.90. The van der Waals surface area contributed by atoms with Gasteiger partial charge in [0.2, 0.25) is 11.8 Å². The van der Waals surface area contributed by atoms with Gasteiger partial charge in [0, 0.05) is 12.2 Å². The molecule has 132 valence electrons. The highest BCUT2D eigenvalue weighted by molar-refractivity contribution is 7.92. The van der Waals surface area contributed by atoms with E-state index in [1.54, 1.807) is 30.3 Å². The molecule has 0 aliphatic carbocycles. The third-order valence-corrected chi connectivity index (χ3v) is 4.57. The summed E-state index contributed by atoms with van der Waals surface area (Å²) in [5.41, 5.74) is 1.11. The van der Waals surface area contributed by atoms with Gasteiger partial charge in [0.25, 0.3) is 0 Å². The summed E-state index contributed by atoms with van der Waals surface area (Å²) in [6.07, 6.45) is 0. The van der Waals surface area contributed by atoms with Crippen LogP contribution >= 0.6 is 0 Å². The number of hydrogen-bond acceptors (Lipinski definition) is 4. The number of halogens is 1. The Morgan fingerprint density at radius 2 is 1.48 bits per heavy atom. The maximum absolute atomic E-state index is 12.8. The van der Waals surface area contributed by atoms with Crippen molar-refractivity contribution in [3.8, 4) is 0 Å². The second-order valence-electron chi connectivity index (χ2n) is 5.35. The maximum Gasteiger partial charge on any atom is 0.239 e. The molecule has 2 amide bonds. The molecular formula is C17H17FN2O4S. The second-order valence-corrected chi connectivity index (χ2v) is 7.41. The summed E-state index contributed by atoms with van der Waals surface area (Å²) in [5.74, 6) is -3.42. The number of anilines is 1. The Hall–Kier alpha value is -2.74. The van der Waals surface area contributed by atoms with Gasteiger partial charge >= 0.3 is 0 Å². The number of amides is 2. The smallest absolute Gasteiger partial charge is 0.239 e. The number of benzene rings is 2. The van der Waals surface area contributed by atoms with Gasteiger partial charge in [-0.2, -0.15) is 0 Å². The van der Waals surface area contributed by atoms with Crippen LogP contribution in [-0.4, -0.2) is 31.7 Å². The molecule has 2 aromatic rings. The Kier molecular flexibility index (Phi) is 6.24. The van der Waals surface area contributed by atoms with Gasteiger partial charge in [-0.1, -0.05) is 30.3 Å². The Bertz CT molecular complexity index is 837. The van der Waals surface area contributed by atoms with Crippen LogP contribution in [0.2, 0.25) is 0 Å². The van der Waals surface area contributed by atoms with Gasteiger partial charge in [-0.25, -0.2) is 12.8 Å². The topological polar surface area (TPSA) is 92.3 Å². The molecule has 8 heteroatoms. The summed E-state index contributed by atoms with van der Waals surface area (Å²) in [7, 11) is -3.90. The van der Waals surface area contributed by atoms with Crippen molar-refractivity contribution in [3.05, 3.63) is 66.0 Å². The van der Waals surface area contributed by atoms with Gasteiger partial charge in [-0.05, 0) is 29.8 Å². The molecule has 0 fully saturated rings. The molecule has 2 rings (SSSR count). The molecule has 25 heavy (non-hydrogen) atoms. The lowest BCUT2D eigenvalue weighted by Gasteiger charge is -2.07. The Morgan fingerprint density at radius 3 is 2.12 bits per heavy atom. The second kappa shape index (κ2) is 8.39. The monoisotopic (exact) mass is 364 g/mol. The van der Waals surface area contributed by atoms with Crippen LogP contribution in [0.15, 0.2) is 54.6 Å². The van der Waals surface area contributed by atoms with Crippen molar-refractivity contribution < 1.29 is 22.4 Å². The fraction of sp³-hybridized carbons (Fsp3) is 0.176. The summed E-state index contributed by atoms with van der Waals surface area (Å²) in [5, 5.41) is 4.87. The molecule has 0 saturated heterocycles. The molecule has 0 heterocycles. The Morgan fingerprint density at radius 1 is 0.880 bits per heavy atom. The van der Waals surface area contributed by atoms with Gasteiger partial charge in [0.15, 0.2) is 9.84 Å². The SMILES string of the molecule is O=C(CS(=O)(=O)CC(=O)Nc1ccccc1)NCc1ccc(F)cc1. The fourth-order valence-corrected chi connectivity index (χ4v) is 3.10. The van der Waals surface area contributed by atoms with Crippen molar-refractivity contribution in [2.45, 2.75) is 6.54 Å². The first-order chi connectivity index (χ1) is 11.8. The molecule has 0 bridgehead atoms. The predicted molar refractivity (Wildman–Crippen MR) is 92.0 cm³/mol. The van der Waals surface area contributed by atoms with Gasteiger partial charge in [-0.15, -0.1) is 0 Å². The molecule has 0 aromatic heterocycles. The van der Waals surface area contributed by atoms with Gasteiger partial charge in [0.1, 0.15) is 17.3 Å². The van der Waals surface area contributed by atoms with E-state index in [0.29, 0.717) is 11.3 Å². The largest absolute Gasteiger partial charge is 0.351 e. The zero-order valence-corrected chi connectivity index (χ0v) is 14.1. The van der Waals surface area contributed by atoms with E-state index in [1.165, 1.54) is 24.3 Å². The van der Waals surface area contributed by atoms with Crippen LogP contribution in [-0.2, 0) is 26.0 Å². The minimum absolute atomic E-state index is 0.0743. The highest BCUT2D eigenvalue weighted by atomic mass is 32.2. The highest BCUT2D eigenvalue weighted by Gasteiger charge is 2.20. The van der Waals surface area contributed by atoms with Crippen molar-refractivity contribution >= 4 is 27.3 Å². The lowest BCUT2D eigenvalue weighted by molar-refractivity contribution is -0.118. The summed E-state index contributed by atoms with van der Waals surface area (Å²) in [6.45, 7) is 0.0743. The Balaban J connectivity index is 1.82. The highest BCUT2D eigenvalue weighted by Crippen LogP contribution is 2.05. The van der Waals surface area contributed by atoms with Crippen LogP contribution in [0.25, 0.3) is 0 Å². The molecule has 0 saturated carbocycles. The van der Waals surface area contributed by atoms with E-state index in [0.717, 1.165) is 0 Å². The van der Waals surface area contributed by atoms with Crippen molar-refractivity contribution in [2.75, 3.05) is 16.8 Å². The third kappa shape index (κ3) is 6.72. The van der Waals surface area contributed by atoms with Crippen molar-refractivity contribution in [3.63, 3.8) is 0 Å². The lowest BCUT2D eigenvalue weighted by atomic mass is 10.2. The number of para-hydroxylation sites is 1. The van der Waals surface area contributed by atoms with Gasteiger partial charge in [-0.3, -0.25) is 9.59 Å². The molecular weight excluding hydrogens is 347 g/mol. The minimum Gasteiger partial charge on any atom is -0.351 e. The molecule has 2 aromatic carbocycles. The van der Waals surface area contributed by atoms with Crippen LogP contribution < -0.4 is 10.6 Å². The number of carbonyl (C=O) groups is 2. The Labute approximate surface area is 145 Å². The molecule has 0 radical (unpaired) electrons. The normalized spacial score (nSPS) is 10.9. The van der Waals surface area contributed by atoms with Crippen LogP contribution in [0.5, 0.6) is 0 Å². The van der Waals surface area contributed by atoms with E-state index in [1.807, 2.05) is 0 Å². The van der Waals surface area contributed by atoms with E-state index < -0.39 is 39.0 Å². The number of sulfone groups is 1. The fourth-order valence-electron chi connectivity index (χ4n) is 2.02. The zero-order valence-electron chi connectivity index (χ0n) is 13.2.